The summed E-state index contributed by atoms with van der Waals surface area (Å²) in [7, 11) is 0. The third-order valence-corrected chi connectivity index (χ3v) is 4.09. The molecule has 0 aromatic carbocycles. The minimum atomic E-state index is -0.491. The van der Waals surface area contributed by atoms with Crippen LogP contribution in [0.3, 0.4) is 0 Å². The molecule has 5 heteroatoms. The first-order valence-electron chi connectivity index (χ1n) is 7.37. The van der Waals surface area contributed by atoms with Crippen molar-refractivity contribution in [2.45, 2.75) is 51.4 Å². The van der Waals surface area contributed by atoms with Gasteiger partial charge in [-0.2, -0.15) is 0 Å². The van der Waals surface area contributed by atoms with Gasteiger partial charge in [0.25, 0.3) is 0 Å². The number of esters is 1. The lowest BCUT2D eigenvalue weighted by atomic mass is 9.82. The Morgan fingerprint density at radius 3 is 2.42 bits per heavy atom. The van der Waals surface area contributed by atoms with Crippen LogP contribution in [0.2, 0.25) is 0 Å². The predicted molar refractivity (Wildman–Crippen MR) is 73.0 cm³/mol. The van der Waals surface area contributed by atoms with Gasteiger partial charge in [-0.25, -0.2) is 0 Å². The van der Waals surface area contributed by atoms with E-state index in [1.54, 1.807) is 0 Å². The van der Waals surface area contributed by atoms with Gasteiger partial charge < -0.3 is 14.8 Å². The zero-order valence-corrected chi connectivity index (χ0v) is 12.3. The molecule has 0 aromatic rings. The predicted octanol–water partition coefficient (Wildman–Crippen LogP) is 0.781. The van der Waals surface area contributed by atoms with E-state index >= 15 is 0 Å². The Hall–Kier alpha value is -0.650. The lowest BCUT2D eigenvalue weighted by Crippen LogP contribution is -2.64. The van der Waals surface area contributed by atoms with Crippen LogP contribution >= 0.6 is 0 Å². The number of hydrogen-bond acceptors (Lipinski definition) is 5. The van der Waals surface area contributed by atoms with Gasteiger partial charge in [-0.1, -0.05) is 0 Å². The van der Waals surface area contributed by atoms with Crippen LogP contribution in [-0.4, -0.2) is 61.4 Å². The Kier molecular flexibility index (Phi) is 4.81. The summed E-state index contributed by atoms with van der Waals surface area (Å²) in [5.41, 5.74) is -0.491. The van der Waals surface area contributed by atoms with Crippen molar-refractivity contribution in [3.05, 3.63) is 0 Å². The first-order chi connectivity index (χ1) is 9.08. The molecule has 2 saturated heterocycles. The summed E-state index contributed by atoms with van der Waals surface area (Å²) in [5, 5.41) is 3.34. The van der Waals surface area contributed by atoms with E-state index in [4.69, 9.17) is 9.47 Å². The van der Waals surface area contributed by atoms with Gasteiger partial charge in [0.1, 0.15) is 5.54 Å². The molecule has 2 rings (SSSR count). The van der Waals surface area contributed by atoms with Gasteiger partial charge in [0, 0.05) is 39.0 Å². The van der Waals surface area contributed by atoms with Gasteiger partial charge in [-0.15, -0.1) is 0 Å². The molecule has 0 radical (unpaired) electrons. The number of carbonyl (C=O) groups is 1. The Morgan fingerprint density at radius 1 is 1.32 bits per heavy atom. The van der Waals surface area contributed by atoms with Gasteiger partial charge in [0.2, 0.25) is 0 Å². The topological polar surface area (TPSA) is 50.8 Å². The Balaban J connectivity index is 2.22. The van der Waals surface area contributed by atoms with Crippen molar-refractivity contribution in [3.63, 3.8) is 0 Å². The molecule has 2 atom stereocenters. The van der Waals surface area contributed by atoms with E-state index in [2.05, 4.69) is 10.2 Å². The second-order valence-electron chi connectivity index (χ2n) is 5.65. The summed E-state index contributed by atoms with van der Waals surface area (Å²) in [4.78, 5) is 14.9. The zero-order valence-electron chi connectivity index (χ0n) is 12.3. The molecule has 5 nitrogen and oxygen atoms in total. The van der Waals surface area contributed by atoms with Crippen molar-refractivity contribution in [3.8, 4) is 0 Å². The Labute approximate surface area is 115 Å². The fourth-order valence-corrected chi connectivity index (χ4v) is 3.44. The normalized spacial score (nSPS) is 37.0. The van der Waals surface area contributed by atoms with Crippen LogP contribution in [-0.2, 0) is 14.3 Å². The molecular formula is C14H26N2O3. The molecule has 110 valence electrons. The second-order valence-corrected chi connectivity index (χ2v) is 5.65. The first kappa shape index (κ1) is 14.8. The third kappa shape index (κ3) is 3.09. The molecule has 0 aliphatic carbocycles. The van der Waals surface area contributed by atoms with Crippen molar-refractivity contribution in [1.29, 1.82) is 0 Å². The molecule has 0 bridgehead atoms. The van der Waals surface area contributed by atoms with E-state index in [0.29, 0.717) is 6.61 Å². The van der Waals surface area contributed by atoms with Crippen molar-refractivity contribution in [1.82, 2.24) is 10.2 Å². The van der Waals surface area contributed by atoms with Gasteiger partial charge >= 0.3 is 5.97 Å². The number of piperazine rings is 1. The van der Waals surface area contributed by atoms with Crippen LogP contribution in [0, 0.1) is 0 Å². The molecule has 0 spiro atoms. The molecule has 2 heterocycles. The van der Waals surface area contributed by atoms with Crippen LogP contribution in [0.25, 0.3) is 0 Å². The number of nitrogens with one attached hydrogen (secondary N) is 1. The van der Waals surface area contributed by atoms with Gasteiger partial charge in [-0.3, -0.25) is 9.69 Å². The van der Waals surface area contributed by atoms with Crippen LogP contribution in [0.4, 0.5) is 0 Å². The van der Waals surface area contributed by atoms with E-state index < -0.39 is 5.54 Å². The van der Waals surface area contributed by atoms with Crippen molar-refractivity contribution in [2.75, 3.05) is 32.8 Å². The molecule has 2 fully saturated rings. The van der Waals surface area contributed by atoms with Crippen LogP contribution in [0.15, 0.2) is 0 Å². The smallest absolute Gasteiger partial charge is 0.326 e. The molecular weight excluding hydrogens is 244 g/mol. The molecule has 2 unspecified atom stereocenters. The number of hydrogen-bond donors (Lipinski definition) is 1. The average Bonchev–Trinajstić information content (AvgIpc) is 2.38. The van der Waals surface area contributed by atoms with E-state index in [9.17, 15) is 4.79 Å². The number of ether oxygens (including phenoxy) is 2. The van der Waals surface area contributed by atoms with Crippen molar-refractivity contribution in [2.24, 2.45) is 0 Å². The highest BCUT2D eigenvalue weighted by molar-refractivity contribution is 5.81. The van der Waals surface area contributed by atoms with Crippen LogP contribution < -0.4 is 5.32 Å². The number of rotatable bonds is 3. The highest BCUT2D eigenvalue weighted by Gasteiger charge is 2.50. The summed E-state index contributed by atoms with van der Waals surface area (Å²) < 4.78 is 11.2. The quantitative estimate of drug-likeness (QED) is 0.768. The monoisotopic (exact) mass is 270 g/mol. The molecule has 1 N–H and O–H groups in total. The lowest BCUT2D eigenvalue weighted by Gasteiger charge is -2.49. The SMILES string of the molecule is CCOC(=O)C1(N2CCNCC2)CC(C)OC(C)C1. The summed E-state index contributed by atoms with van der Waals surface area (Å²) in [6.45, 7) is 10.1. The molecule has 0 amide bonds. The van der Waals surface area contributed by atoms with Crippen LogP contribution in [0.1, 0.15) is 33.6 Å². The molecule has 0 aromatic heterocycles. The highest BCUT2D eigenvalue weighted by atomic mass is 16.5. The fourth-order valence-electron chi connectivity index (χ4n) is 3.44. The lowest BCUT2D eigenvalue weighted by molar-refractivity contribution is -0.175. The summed E-state index contributed by atoms with van der Waals surface area (Å²) in [5.74, 6) is -0.0705. The zero-order chi connectivity index (χ0) is 13.9. The van der Waals surface area contributed by atoms with E-state index in [1.165, 1.54) is 0 Å². The third-order valence-electron chi connectivity index (χ3n) is 4.09. The summed E-state index contributed by atoms with van der Waals surface area (Å²) in [6.07, 6.45) is 1.66. The highest BCUT2D eigenvalue weighted by Crippen LogP contribution is 2.35. The van der Waals surface area contributed by atoms with Crippen LogP contribution in [0.5, 0.6) is 0 Å². The number of carbonyl (C=O) groups excluding carboxylic acids is 1. The maximum absolute atomic E-state index is 12.6. The second kappa shape index (κ2) is 6.20. The Morgan fingerprint density at radius 2 is 1.89 bits per heavy atom. The first-order valence-corrected chi connectivity index (χ1v) is 7.37. The molecule has 2 aliphatic rings. The maximum atomic E-state index is 12.6. The minimum Gasteiger partial charge on any atom is -0.465 e. The minimum absolute atomic E-state index is 0.0705. The van der Waals surface area contributed by atoms with Crippen molar-refractivity contribution < 1.29 is 14.3 Å². The molecule has 2 aliphatic heterocycles. The van der Waals surface area contributed by atoms with E-state index in [-0.39, 0.29) is 18.2 Å². The van der Waals surface area contributed by atoms with Gasteiger partial charge in [0.05, 0.1) is 18.8 Å². The molecule has 19 heavy (non-hydrogen) atoms. The number of nitrogens with zero attached hydrogens (tertiary/aromatic N) is 1. The largest absolute Gasteiger partial charge is 0.465 e. The van der Waals surface area contributed by atoms with Gasteiger partial charge in [0.15, 0.2) is 0 Å². The summed E-state index contributed by atoms with van der Waals surface area (Å²) >= 11 is 0. The van der Waals surface area contributed by atoms with Gasteiger partial charge in [-0.05, 0) is 20.8 Å². The maximum Gasteiger partial charge on any atom is 0.326 e. The van der Waals surface area contributed by atoms with E-state index in [1.807, 2.05) is 20.8 Å². The van der Waals surface area contributed by atoms with Crippen molar-refractivity contribution >= 4 is 5.97 Å². The Bertz CT molecular complexity index is 306. The fraction of sp³-hybridized carbons (Fsp3) is 0.929. The average molecular weight is 270 g/mol. The molecule has 0 saturated carbocycles. The summed E-state index contributed by atoms with van der Waals surface area (Å²) in [6, 6.07) is 0. The standard InChI is InChI=1S/C14H26N2O3/c1-4-18-13(17)14(16-7-5-15-6-8-16)9-11(2)19-12(3)10-14/h11-12,15H,4-10H2,1-3H3. The van der Waals surface area contributed by atoms with E-state index in [0.717, 1.165) is 39.0 Å².